The number of hydrogen-bond donors (Lipinski definition) is 0. The molecular formula is C32H42O8. The minimum absolute atomic E-state index is 0.0467. The Bertz CT molecular complexity index is 1240. The van der Waals surface area contributed by atoms with E-state index in [9.17, 15) is 19.2 Å². The zero-order chi connectivity index (χ0) is 29.2. The van der Waals surface area contributed by atoms with Crippen molar-refractivity contribution in [3.05, 3.63) is 35.3 Å². The number of Topliss-reactive ketones (excluding diaryl/α,β-unsaturated/α-hetero) is 1. The number of esters is 3. The number of methoxy groups -OCH3 is 1. The molecule has 2 saturated carbocycles. The second kappa shape index (κ2) is 9.88. The van der Waals surface area contributed by atoms with Gasteiger partial charge in [-0.2, -0.15) is 0 Å². The van der Waals surface area contributed by atoms with Gasteiger partial charge in [-0.25, -0.2) is 0 Å². The van der Waals surface area contributed by atoms with Crippen LogP contribution in [-0.4, -0.2) is 36.9 Å². The molecule has 1 aromatic heterocycles. The molecule has 2 heterocycles. The van der Waals surface area contributed by atoms with Crippen LogP contribution in [0.15, 0.2) is 34.2 Å². The molecule has 1 saturated heterocycles. The van der Waals surface area contributed by atoms with Gasteiger partial charge in [0.1, 0.15) is 18.0 Å². The molecule has 0 N–H and O–H groups in total. The van der Waals surface area contributed by atoms with Crippen LogP contribution in [0.25, 0.3) is 0 Å². The van der Waals surface area contributed by atoms with Crippen LogP contribution in [0.3, 0.4) is 0 Å². The number of carbonyl (C=O) groups is 4. The largest absolute Gasteiger partial charge is 0.472 e. The number of allylic oxidation sites excluding steroid dienone is 1. The SMILES string of the molecule is CCC(C)C(=O)OC1[C@@H]2CC3=C4CC(=O)O[C@@H](c5ccoc5)[C@]4(C)CCC3C(C)(C2=O)[C@@H](CC(=O)OC)C1(C)C. The Kier molecular flexibility index (Phi) is 7.07. The van der Waals surface area contributed by atoms with E-state index in [1.807, 2.05) is 40.7 Å². The zero-order valence-corrected chi connectivity index (χ0v) is 24.7. The van der Waals surface area contributed by atoms with Gasteiger partial charge in [-0.05, 0) is 49.2 Å². The Morgan fingerprint density at radius 2 is 1.90 bits per heavy atom. The monoisotopic (exact) mass is 554 g/mol. The van der Waals surface area contributed by atoms with E-state index in [-0.39, 0.29) is 48.4 Å². The van der Waals surface area contributed by atoms with Crippen molar-refractivity contribution in [2.24, 2.45) is 39.9 Å². The first kappa shape index (κ1) is 28.6. The van der Waals surface area contributed by atoms with E-state index in [4.69, 9.17) is 18.6 Å². The Balaban J connectivity index is 1.67. The number of furan rings is 1. The second-order valence-electron chi connectivity index (χ2n) is 13.4. The van der Waals surface area contributed by atoms with Crippen molar-refractivity contribution in [2.75, 3.05) is 7.11 Å². The number of fused-ring (bicyclic) bond motifs is 5. The topological polar surface area (TPSA) is 109 Å². The van der Waals surface area contributed by atoms with Crippen molar-refractivity contribution in [2.45, 2.75) is 92.3 Å². The molecule has 1 aliphatic heterocycles. The highest BCUT2D eigenvalue weighted by atomic mass is 16.6. The molecule has 0 spiro atoms. The van der Waals surface area contributed by atoms with Crippen LogP contribution in [0.2, 0.25) is 0 Å². The maximum Gasteiger partial charge on any atom is 0.310 e. The Hall–Kier alpha value is -2.90. The normalized spacial score (nSPS) is 37.1. The summed E-state index contributed by atoms with van der Waals surface area (Å²) < 4.78 is 22.6. The molecule has 1 aromatic rings. The Morgan fingerprint density at radius 3 is 2.52 bits per heavy atom. The predicted octanol–water partition coefficient (Wildman–Crippen LogP) is 5.75. The van der Waals surface area contributed by atoms with Gasteiger partial charge in [-0.1, -0.05) is 47.1 Å². The molecule has 3 fully saturated rings. The highest BCUT2D eigenvalue weighted by molar-refractivity contribution is 5.92. The van der Waals surface area contributed by atoms with Gasteiger partial charge in [0.05, 0.1) is 37.9 Å². The minimum Gasteiger partial charge on any atom is -0.472 e. The van der Waals surface area contributed by atoms with Crippen molar-refractivity contribution in [3.63, 3.8) is 0 Å². The van der Waals surface area contributed by atoms with E-state index in [1.54, 1.807) is 12.5 Å². The molecule has 4 unspecified atom stereocenters. The van der Waals surface area contributed by atoms with E-state index >= 15 is 0 Å². The number of carbonyl (C=O) groups excluding carboxylic acids is 4. The number of hydrogen-bond acceptors (Lipinski definition) is 8. The van der Waals surface area contributed by atoms with Gasteiger partial charge in [0.15, 0.2) is 0 Å². The van der Waals surface area contributed by atoms with Crippen molar-refractivity contribution in [1.29, 1.82) is 0 Å². The van der Waals surface area contributed by atoms with Crippen LogP contribution in [-0.2, 0) is 33.4 Å². The Morgan fingerprint density at radius 1 is 1.18 bits per heavy atom. The van der Waals surface area contributed by atoms with E-state index in [0.29, 0.717) is 12.8 Å². The quantitative estimate of drug-likeness (QED) is 0.248. The van der Waals surface area contributed by atoms with Gasteiger partial charge < -0.3 is 18.6 Å². The summed E-state index contributed by atoms with van der Waals surface area (Å²) in [6.45, 7) is 11.9. The highest BCUT2D eigenvalue weighted by Gasteiger charge is 2.68. The van der Waals surface area contributed by atoms with Crippen LogP contribution in [0.5, 0.6) is 0 Å². The minimum atomic E-state index is -0.879. The first-order chi connectivity index (χ1) is 18.8. The van der Waals surface area contributed by atoms with Gasteiger partial charge in [-0.3, -0.25) is 19.2 Å². The molecule has 40 heavy (non-hydrogen) atoms. The average Bonchev–Trinajstić information content (AvgIpc) is 3.45. The van der Waals surface area contributed by atoms with Crippen LogP contribution < -0.4 is 0 Å². The summed E-state index contributed by atoms with van der Waals surface area (Å²) >= 11 is 0. The van der Waals surface area contributed by atoms with Gasteiger partial charge in [-0.15, -0.1) is 0 Å². The van der Waals surface area contributed by atoms with Gasteiger partial charge in [0.2, 0.25) is 0 Å². The highest BCUT2D eigenvalue weighted by Crippen LogP contribution is 2.68. The first-order valence-electron chi connectivity index (χ1n) is 14.6. The summed E-state index contributed by atoms with van der Waals surface area (Å²) in [5, 5.41) is 0. The molecule has 0 radical (unpaired) electrons. The van der Waals surface area contributed by atoms with E-state index in [1.165, 1.54) is 7.11 Å². The van der Waals surface area contributed by atoms with E-state index < -0.39 is 40.3 Å². The van der Waals surface area contributed by atoms with Crippen molar-refractivity contribution in [3.8, 4) is 0 Å². The molecule has 8 atom stereocenters. The van der Waals surface area contributed by atoms with Crippen molar-refractivity contribution < 1.29 is 37.8 Å². The molecular weight excluding hydrogens is 512 g/mol. The molecule has 3 aliphatic carbocycles. The lowest BCUT2D eigenvalue weighted by Crippen LogP contribution is -2.66. The number of ether oxygens (including phenoxy) is 3. The summed E-state index contributed by atoms with van der Waals surface area (Å²) in [5.41, 5.74) is 0.947. The summed E-state index contributed by atoms with van der Waals surface area (Å²) in [4.78, 5) is 53.4. The van der Waals surface area contributed by atoms with Crippen LogP contribution >= 0.6 is 0 Å². The standard InChI is InChI=1S/C32H42O8/c1-8-17(2)29(36)40-28-20-13-19-21(32(6,26(20)35)23(30(28,3)4)15-24(33)37-7)9-11-31(5)22(19)14-25(34)39-27(31)18-10-12-38-16-18/h10,12,16-17,20-21,23,27-28H,8-9,11,13-15H2,1-7H3/t17?,20-,21?,23+,27+,28?,31-,32?/m1/s1. The summed E-state index contributed by atoms with van der Waals surface area (Å²) in [6.07, 6.45) is 4.74. The van der Waals surface area contributed by atoms with Crippen molar-refractivity contribution >= 4 is 23.7 Å². The van der Waals surface area contributed by atoms with E-state index in [0.717, 1.165) is 29.6 Å². The number of rotatable bonds is 6. The molecule has 0 aromatic carbocycles. The maximum atomic E-state index is 14.5. The second-order valence-corrected chi connectivity index (χ2v) is 13.4. The Labute approximate surface area is 236 Å². The third-order valence-electron chi connectivity index (χ3n) is 11.1. The molecule has 5 rings (SSSR count). The van der Waals surface area contributed by atoms with Gasteiger partial charge in [0.25, 0.3) is 0 Å². The van der Waals surface area contributed by atoms with E-state index in [2.05, 4.69) is 6.92 Å². The van der Waals surface area contributed by atoms with Crippen molar-refractivity contribution in [1.82, 2.24) is 0 Å². The molecule has 218 valence electrons. The number of ketones is 1. The summed E-state index contributed by atoms with van der Waals surface area (Å²) in [5.74, 6) is -2.39. The van der Waals surface area contributed by atoms with Crippen LogP contribution in [0, 0.1) is 39.9 Å². The van der Waals surface area contributed by atoms with Crippen LogP contribution in [0.1, 0.15) is 91.7 Å². The third-order valence-corrected chi connectivity index (χ3v) is 11.1. The fourth-order valence-corrected chi connectivity index (χ4v) is 8.60. The smallest absolute Gasteiger partial charge is 0.310 e. The molecule has 4 aliphatic rings. The van der Waals surface area contributed by atoms with Gasteiger partial charge >= 0.3 is 17.9 Å². The fourth-order valence-electron chi connectivity index (χ4n) is 8.60. The molecule has 8 heteroatoms. The maximum absolute atomic E-state index is 14.5. The number of cyclic esters (lactones) is 1. The molecule has 8 nitrogen and oxygen atoms in total. The van der Waals surface area contributed by atoms with Gasteiger partial charge in [0, 0.05) is 28.2 Å². The lowest BCUT2D eigenvalue weighted by Gasteiger charge is -2.63. The molecule has 2 bridgehead atoms. The summed E-state index contributed by atoms with van der Waals surface area (Å²) in [6, 6.07) is 1.84. The molecule has 0 amide bonds. The third kappa shape index (κ3) is 4.07. The first-order valence-corrected chi connectivity index (χ1v) is 14.6. The summed E-state index contributed by atoms with van der Waals surface area (Å²) in [7, 11) is 1.36. The fraction of sp³-hybridized carbons (Fsp3) is 0.688. The average molecular weight is 555 g/mol. The van der Waals surface area contributed by atoms with Crippen LogP contribution in [0.4, 0.5) is 0 Å². The predicted molar refractivity (Wildman–Crippen MR) is 144 cm³/mol. The lowest BCUT2D eigenvalue weighted by atomic mass is 9.40. The zero-order valence-electron chi connectivity index (χ0n) is 24.7. The lowest BCUT2D eigenvalue weighted by molar-refractivity contribution is -0.200.